The number of hydrogen-bond acceptors (Lipinski definition) is 4. The first-order chi connectivity index (χ1) is 10.1. The summed E-state index contributed by atoms with van der Waals surface area (Å²) in [5.74, 6) is 0. The van der Waals surface area contributed by atoms with Gasteiger partial charge in [-0.1, -0.05) is 20.8 Å². The molecule has 0 unspecified atom stereocenters. The predicted octanol–water partition coefficient (Wildman–Crippen LogP) is 1.69. The molecule has 122 valence electrons. The van der Waals surface area contributed by atoms with Crippen molar-refractivity contribution in [2.45, 2.75) is 51.5 Å². The van der Waals surface area contributed by atoms with Crippen LogP contribution in [0.1, 0.15) is 40.0 Å². The lowest BCUT2D eigenvalue weighted by atomic mass is 10.4. The van der Waals surface area contributed by atoms with E-state index in [1.165, 1.54) is 10.5 Å². The van der Waals surface area contributed by atoms with Crippen LogP contribution in [0.3, 0.4) is 0 Å². The van der Waals surface area contributed by atoms with Crippen LogP contribution in [0.5, 0.6) is 0 Å². The summed E-state index contributed by atoms with van der Waals surface area (Å²) < 4.78 is 28.1. The largest absolute Gasteiger partial charge is 0.317 e. The third-order valence-electron chi connectivity index (χ3n) is 3.24. The van der Waals surface area contributed by atoms with Crippen LogP contribution in [0, 0.1) is 0 Å². The Labute approximate surface area is 128 Å². The summed E-state index contributed by atoms with van der Waals surface area (Å²) in [7, 11) is -3.40. The summed E-state index contributed by atoms with van der Waals surface area (Å²) >= 11 is 0. The first-order valence-corrected chi connectivity index (χ1v) is 9.23. The van der Waals surface area contributed by atoms with E-state index >= 15 is 0 Å². The number of nitrogens with zero attached hydrogens (tertiary/aromatic N) is 3. The van der Waals surface area contributed by atoms with Gasteiger partial charge in [-0.2, -0.15) is 9.40 Å². The Balaban J connectivity index is 2.60. The minimum Gasteiger partial charge on any atom is -0.317 e. The zero-order valence-electron chi connectivity index (χ0n) is 13.4. The summed E-state index contributed by atoms with van der Waals surface area (Å²) in [6.45, 7) is 9.67. The van der Waals surface area contributed by atoms with E-state index in [9.17, 15) is 8.42 Å². The standard InChI is InChI=1S/C14H28N4O2S/c1-4-8-15-9-7-11-17-13-14(12-16-17)21(19,20)18(6-3)10-5-2/h12-13,15H,4-11H2,1-3H3. The van der Waals surface area contributed by atoms with E-state index in [4.69, 9.17) is 0 Å². The number of sulfonamides is 1. The van der Waals surface area contributed by atoms with Crippen LogP contribution in [0.4, 0.5) is 0 Å². The zero-order chi connectivity index (χ0) is 15.7. The van der Waals surface area contributed by atoms with Crippen LogP contribution in [-0.2, 0) is 16.6 Å². The van der Waals surface area contributed by atoms with Crippen LogP contribution in [0.2, 0.25) is 0 Å². The third-order valence-corrected chi connectivity index (χ3v) is 5.17. The summed E-state index contributed by atoms with van der Waals surface area (Å²) in [6.07, 6.45) is 5.95. The Morgan fingerprint density at radius 3 is 2.62 bits per heavy atom. The molecule has 6 nitrogen and oxygen atoms in total. The summed E-state index contributed by atoms with van der Waals surface area (Å²) in [4.78, 5) is 0.291. The molecule has 21 heavy (non-hydrogen) atoms. The average Bonchev–Trinajstić information content (AvgIpc) is 2.94. The van der Waals surface area contributed by atoms with Gasteiger partial charge in [-0.15, -0.1) is 0 Å². The van der Waals surface area contributed by atoms with E-state index in [2.05, 4.69) is 17.3 Å². The van der Waals surface area contributed by atoms with Gasteiger partial charge < -0.3 is 5.32 Å². The molecule has 0 aliphatic carbocycles. The molecular formula is C14H28N4O2S. The van der Waals surface area contributed by atoms with E-state index in [1.54, 1.807) is 10.9 Å². The Bertz CT molecular complexity index is 499. The first-order valence-electron chi connectivity index (χ1n) is 7.79. The highest BCUT2D eigenvalue weighted by molar-refractivity contribution is 7.89. The van der Waals surface area contributed by atoms with E-state index in [0.717, 1.165) is 38.9 Å². The number of aromatic nitrogens is 2. The van der Waals surface area contributed by atoms with Gasteiger partial charge in [0.25, 0.3) is 0 Å². The van der Waals surface area contributed by atoms with E-state index in [-0.39, 0.29) is 0 Å². The molecule has 0 aromatic carbocycles. The van der Waals surface area contributed by atoms with Crippen LogP contribution < -0.4 is 5.32 Å². The quantitative estimate of drug-likeness (QED) is 0.631. The molecule has 1 N–H and O–H groups in total. The van der Waals surface area contributed by atoms with Gasteiger partial charge in [0.2, 0.25) is 10.0 Å². The molecule has 0 spiro atoms. The van der Waals surface area contributed by atoms with Crippen molar-refractivity contribution in [3.8, 4) is 0 Å². The first kappa shape index (κ1) is 18.1. The highest BCUT2D eigenvalue weighted by Gasteiger charge is 2.23. The van der Waals surface area contributed by atoms with Crippen molar-refractivity contribution in [1.29, 1.82) is 0 Å². The van der Waals surface area contributed by atoms with Gasteiger partial charge in [-0.25, -0.2) is 8.42 Å². The van der Waals surface area contributed by atoms with Crippen LogP contribution >= 0.6 is 0 Å². The maximum Gasteiger partial charge on any atom is 0.246 e. The normalized spacial score (nSPS) is 12.2. The minimum atomic E-state index is -3.40. The molecule has 0 aliphatic heterocycles. The van der Waals surface area contributed by atoms with Gasteiger partial charge in [0.15, 0.2) is 0 Å². The molecule has 0 saturated carbocycles. The summed E-state index contributed by atoms with van der Waals surface area (Å²) in [5, 5.41) is 7.48. The van der Waals surface area contributed by atoms with Gasteiger partial charge in [0, 0.05) is 25.8 Å². The van der Waals surface area contributed by atoms with E-state index < -0.39 is 10.0 Å². The smallest absolute Gasteiger partial charge is 0.246 e. The van der Waals surface area contributed by atoms with Gasteiger partial charge in [-0.3, -0.25) is 4.68 Å². The number of nitrogens with one attached hydrogen (secondary N) is 1. The molecule has 1 aromatic rings. The van der Waals surface area contributed by atoms with Crippen molar-refractivity contribution in [1.82, 2.24) is 19.4 Å². The molecule has 1 aromatic heterocycles. The van der Waals surface area contributed by atoms with Gasteiger partial charge in [0.1, 0.15) is 4.90 Å². The Kier molecular flexibility index (Phi) is 7.92. The lowest BCUT2D eigenvalue weighted by Crippen LogP contribution is -2.31. The molecule has 0 fully saturated rings. The average molecular weight is 316 g/mol. The van der Waals surface area contributed by atoms with E-state index in [0.29, 0.717) is 18.0 Å². The van der Waals surface area contributed by atoms with Crippen LogP contribution in [0.15, 0.2) is 17.3 Å². The maximum absolute atomic E-state index is 12.4. The topological polar surface area (TPSA) is 67.2 Å². The van der Waals surface area contributed by atoms with Gasteiger partial charge in [0.05, 0.1) is 6.20 Å². The highest BCUT2D eigenvalue weighted by Crippen LogP contribution is 2.15. The second-order valence-electron chi connectivity index (χ2n) is 5.04. The lowest BCUT2D eigenvalue weighted by Gasteiger charge is -2.18. The third kappa shape index (κ3) is 5.41. The number of rotatable bonds is 11. The van der Waals surface area contributed by atoms with Gasteiger partial charge >= 0.3 is 0 Å². The molecule has 1 heterocycles. The second kappa shape index (κ2) is 9.17. The Morgan fingerprint density at radius 2 is 2.00 bits per heavy atom. The monoisotopic (exact) mass is 316 g/mol. The maximum atomic E-state index is 12.4. The Hall–Kier alpha value is -0.920. The van der Waals surface area contributed by atoms with Crippen molar-refractivity contribution in [3.05, 3.63) is 12.4 Å². The fourth-order valence-corrected chi connectivity index (χ4v) is 3.61. The molecule has 0 aliphatic rings. The Morgan fingerprint density at radius 1 is 1.24 bits per heavy atom. The van der Waals surface area contributed by atoms with Crippen molar-refractivity contribution in [3.63, 3.8) is 0 Å². The molecule has 0 amide bonds. The van der Waals surface area contributed by atoms with Crippen LogP contribution in [-0.4, -0.2) is 48.7 Å². The molecule has 0 bridgehead atoms. The molecule has 1 rings (SSSR count). The fourth-order valence-electron chi connectivity index (χ4n) is 2.11. The molecular weight excluding hydrogens is 288 g/mol. The molecule has 7 heteroatoms. The summed E-state index contributed by atoms with van der Waals surface area (Å²) in [6, 6.07) is 0. The lowest BCUT2D eigenvalue weighted by molar-refractivity contribution is 0.427. The molecule has 0 radical (unpaired) electrons. The minimum absolute atomic E-state index is 0.291. The predicted molar refractivity (Wildman–Crippen MR) is 84.7 cm³/mol. The van der Waals surface area contributed by atoms with E-state index in [1.807, 2.05) is 13.8 Å². The number of hydrogen-bond donors (Lipinski definition) is 1. The van der Waals surface area contributed by atoms with Gasteiger partial charge in [-0.05, 0) is 32.4 Å². The van der Waals surface area contributed by atoms with Crippen LogP contribution in [0.25, 0.3) is 0 Å². The molecule has 0 saturated heterocycles. The molecule has 0 atom stereocenters. The van der Waals surface area contributed by atoms with Crippen molar-refractivity contribution >= 4 is 10.0 Å². The SMILES string of the molecule is CCCNCCCn1cc(S(=O)(=O)N(CC)CCC)cn1. The van der Waals surface area contributed by atoms with Crippen molar-refractivity contribution in [2.24, 2.45) is 0 Å². The highest BCUT2D eigenvalue weighted by atomic mass is 32.2. The zero-order valence-corrected chi connectivity index (χ0v) is 14.2. The number of aryl methyl sites for hydroxylation is 1. The van der Waals surface area contributed by atoms with Crippen molar-refractivity contribution < 1.29 is 8.42 Å². The van der Waals surface area contributed by atoms with Crippen molar-refractivity contribution in [2.75, 3.05) is 26.2 Å². The summed E-state index contributed by atoms with van der Waals surface area (Å²) in [5.41, 5.74) is 0. The second-order valence-corrected chi connectivity index (χ2v) is 6.98. The fraction of sp³-hybridized carbons (Fsp3) is 0.786.